The van der Waals surface area contributed by atoms with Gasteiger partial charge in [0.2, 0.25) is 10.0 Å². The van der Waals surface area contributed by atoms with Crippen LogP contribution in [0.15, 0.2) is 24.3 Å². The molecule has 0 bridgehead atoms. The van der Waals surface area contributed by atoms with Gasteiger partial charge in [0.05, 0.1) is 5.75 Å². The van der Waals surface area contributed by atoms with Crippen molar-refractivity contribution in [3.63, 3.8) is 0 Å². The first-order valence-electron chi connectivity index (χ1n) is 7.19. The number of nitrogen functional groups attached to an aromatic ring is 1. The van der Waals surface area contributed by atoms with Gasteiger partial charge >= 0.3 is 0 Å². The van der Waals surface area contributed by atoms with Crippen LogP contribution in [-0.2, 0) is 15.8 Å². The summed E-state index contributed by atoms with van der Waals surface area (Å²) in [6, 6.07) is 7.18. The van der Waals surface area contributed by atoms with Crippen LogP contribution in [0.25, 0.3) is 0 Å². The molecule has 0 spiro atoms. The molecular formula is C15H24N2O2S. The zero-order chi connectivity index (χ0) is 14.8. The summed E-state index contributed by atoms with van der Waals surface area (Å²) in [6.45, 7) is 4.37. The van der Waals surface area contributed by atoms with Gasteiger partial charge < -0.3 is 5.73 Å². The second-order valence-electron chi connectivity index (χ2n) is 6.19. The van der Waals surface area contributed by atoms with Crippen LogP contribution in [0.2, 0.25) is 0 Å². The second-order valence-corrected chi connectivity index (χ2v) is 7.94. The summed E-state index contributed by atoms with van der Waals surface area (Å²) in [6.07, 6.45) is 3.03. The lowest BCUT2D eigenvalue weighted by Gasteiger charge is -2.31. The minimum Gasteiger partial charge on any atom is -0.398 e. The molecule has 0 radical (unpaired) electrons. The molecule has 1 fully saturated rings. The van der Waals surface area contributed by atoms with E-state index in [9.17, 15) is 8.42 Å². The van der Waals surface area contributed by atoms with Gasteiger partial charge in [-0.2, -0.15) is 0 Å². The van der Waals surface area contributed by atoms with E-state index in [0.29, 0.717) is 23.1 Å². The van der Waals surface area contributed by atoms with E-state index in [1.54, 1.807) is 12.1 Å². The number of anilines is 1. The van der Waals surface area contributed by atoms with Crippen LogP contribution in [0.1, 0.15) is 38.7 Å². The third-order valence-corrected chi connectivity index (χ3v) is 5.31. The quantitative estimate of drug-likeness (QED) is 0.839. The summed E-state index contributed by atoms with van der Waals surface area (Å²) < 4.78 is 27.4. The molecule has 112 valence electrons. The number of para-hydroxylation sites is 1. The summed E-state index contributed by atoms with van der Waals surface area (Å²) >= 11 is 0. The van der Waals surface area contributed by atoms with Gasteiger partial charge in [-0.3, -0.25) is 0 Å². The molecule has 0 heterocycles. The normalized spacial score (nSPS) is 27.4. The molecule has 1 saturated carbocycles. The molecule has 1 aromatic rings. The third kappa shape index (κ3) is 4.21. The van der Waals surface area contributed by atoms with E-state index < -0.39 is 10.0 Å². The van der Waals surface area contributed by atoms with Gasteiger partial charge in [0.1, 0.15) is 0 Å². The molecule has 0 aliphatic heterocycles. The highest BCUT2D eigenvalue weighted by Crippen LogP contribution is 2.29. The van der Waals surface area contributed by atoms with Crippen molar-refractivity contribution in [3.05, 3.63) is 29.8 Å². The largest absolute Gasteiger partial charge is 0.398 e. The van der Waals surface area contributed by atoms with Crippen LogP contribution in [0.4, 0.5) is 5.69 Å². The number of benzene rings is 1. The minimum atomic E-state index is -3.33. The Morgan fingerprint density at radius 1 is 1.15 bits per heavy atom. The van der Waals surface area contributed by atoms with Crippen LogP contribution in [0, 0.1) is 11.8 Å². The molecule has 1 aliphatic rings. The summed E-state index contributed by atoms with van der Waals surface area (Å²) in [7, 11) is -3.33. The van der Waals surface area contributed by atoms with Gasteiger partial charge in [-0.15, -0.1) is 0 Å². The molecule has 0 aromatic heterocycles. The van der Waals surface area contributed by atoms with E-state index >= 15 is 0 Å². The minimum absolute atomic E-state index is 0.0427. The summed E-state index contributed by atoms with van der Waals surface area (Å²) in [5, 5.41) is 0. The zero-order valence-corrected chi connectivity index (χ0v) is 13.0. The summed E-state index contributed by atoms with van der Waals surface area (Å²) in [4.78, 5) is 0. The van der Waals surface area contributed by atoms with Crippen LogP contribution >= 0.6 is 0 Å². The third-order valence-electron chi connectivity index (χ3n) is 3.93. The molecule has 2 atom stereocenters. The van der Waals surface area contributed by atoms with Crippen molar-refractivity contribution < 1.29 is 8.42 Å². The Bertz CT molecular complexity index is 547. The van der Waals surface area contributed by atoms with Crippen molar-refractivity contribution >= 4 is 15.7 Å². The molecular weight excluding hydrogens is 272 g/mol. The number of nitrogens with one attached hydrogen (secondary N) is 1. The van der Waals surface area contributed by atoms with Crippen LogP contribution < -0.4 is 10.5 Å². The monoisotopic (exact) mass is 296 g/mol. The number of rotatable bonds is 4. The molecule has 20 heavy (non-hydrogen) atoms. The standard InChI is InChI=1S/C15H24N2O2S/c1-11-7-12(2)9-14(8-11)17-20(18,19)10-13-5-3-4-6-15(13)16/h3-6,11-12,14,17H,7-10,16H2,1-2H3. The van der Waals surface area contributed by atoms with Crippen LogP contribution in [-0.4, -0.2) is 14.5 Å². The SMILES string of the molecule is CC1CC(C)CC(NS(=O)(=O)Cc2ccccc2N)C1. The molecule has 1 aliphatic carbocycles. The lowest BCUT2D eigenvalue weighted by atomic mass is 9.81. The Kier molecular flexibility index (Phi) is 4.70. The van der Waals surface area contributed by atoms with E-state index in [-0.39, 0.29) is 11.8 Å². The fourth-order valence-corrected chi connectivity index (χ4v) is 4.67. The smallest absolute Gasteiger partial charge is 0.216 e. The summed E-state index contributed by atoms with van der Waals surface area (Å²) in [5.41, 5.74) is 7.01. The predicted molar refractivity (Wildman–Crippen MR) is 82.6 cm³/mol. The molecule has 1 aromatic carbocycles. The van der Waals surface area contributed by atoms with Gasteiger partial charge in [-0.1, -0.05) is 32.0 Å². The first-order chi connectivity index (χ1) is 9.35. The van der Waals surface area contributed by atoms with E-state index in [2.05, 4.69) is 18.6 Å². The van der Waals surface area contributed by atoms with Gasteiger partial charge in [0, 0.05) is 11.7 Å². The molecule has 0 amide bonds. The predicted octanol–water partition coefficient (Wildman–Crippen LogP) is 2.51. The van der Waals surface area contributed by atoms with Gasteiger partial charge in [0.25, 0.3) is 0 Å². The fourth-order valence-electron chi connectivity index (χ4n) is 3.21. The summed E-state index contributed by atoms with van der Waals surface area (Å²) in [5.74, 6) is 1.11. The topological polar surface area (TPSA) is 72.2 Å². The Hall–Kier alpha value is -1.07. The van der Waals surface area contributed by atoms with Crippen molar-refractivity contribution in [3.8, 4) is 0 Å². The molecule has 4 nitrogen and oxygen atoms in total. The second kappa shape index (κ2) is 6.14. The van der Waals surface area contributed by atoms with Crippen LogP contribution in [0.3, 0.4) is 0 Å². The zero-order valence-electron chi connectivity index (χ0n) is 12.2. The lowest BCUT2D eigenvalue weighted by molar-refractivity contribution is 0.257. The number of hydrogen-bond donors (Lipinski definition) is 2. The van der Waals surface area contributed by atoms with Crippen molar-refractivity contribution in [2.75, 3.05) is 5.73 Å². The number of sulfonamides is 1. The van der Waals surface area contributed by atoms with Crippen molar-refractivity contribution in [2.45, 2.75) is 44.9 Å². The first-order valence-corrected chi connectivity index (χ1v) is 8.84. The van der Waals surface area contributed by atoms with E-state index in [1.807, 2.05) is 12.1 Å². The highest BCUT2D eigenvalue weighted by Gasteiger charge is 2.27. The lowest BCUT2D eigenvalue weighted by Crippen LogP contribution is -2.40. The maximum absolute atomic E-state index is 12.3. The van der Waals surface area contributed by atoms with Crippen LogP contribution in [0.5, 0.6) is 0 Å². The average molecular weight is 296 g/mol. The fraction of sp³-hybridized carbons (Fsp3) is 0.600. The van der Waals surface area contributed by atoms with Gasteiger partial charge in [-0.25, -0.2) is 13.1 Å². The molecule has 2 unspecified atom stereocenters. The molecule has 5 heteroatoms. The first kappa shape index (κ1) is 15.3. The van der Waals surface area contributed by atoms with E-state index in [0.717, 1.165) is 12.8 Å². The maximum atomic E-state index is 12.3. The number of nitrogens with two attached hydrogens (primary N) is 1. The Morgan fingerprint density at radius 2 is 1.75 bits per heavy atom. The molecule has 0 saturated heterocycles. The molecule has 2 rings (SSSR count). The molecule has 3 N–H and O–H groups in total. The van der Waals surface area contributed by atoms with Crippen molar-refractivity contribution in [1.29, 1.82) is 0 Å². The van der Waals surface area contributed by atoms with Crippen molar-refractivity contribution in [1.82, 2.24) is 4.72 Å². The van der Waals surface area contributed by atoms with Crippen molar-refractivity contribution in [2.24, 2.45) is 11.8 Å². The Labute approximate surface area is 121 Å². The van der Waals surface area contributed by atoms with Gasteiger partial charge in [0.15, 0.2) is 0 Å². The highest BCUT2D eigenvalue weighted by atomic mass is 32.2. The highest BCUT2D eigenvalue weighted by molar-refractivity contribution is 7.88. The Morgan fingerprint density at radius 3 is 2.35 bits per heavy atom. The van der Waals surface area contributed by atoms with E-state index in [4.69, 9.17) is 5.73 Å². The Balaban J connectivity index is 2.02. The van der Waals surface area contributed by atoms with Gasteiger partial charge in [-0.05, 0) is 42.7 Å². The average Bonchev–Trinajstić information content (AvgIpc) is 2.29. The maximum Gasteiger partial charge on any atom is 0.216 e. The van der Waals surface area contributed by atoms with E-state index in [1.165, 1.54) is 6.42 Å². The number of hydrogen-bond acceptors (Lipinski definition) is 3.